The first-order valence-corrected chi connectivity index (χ1v) is 14.7. The Kier molecular flexibility index (Phi) is 8.85. The zero-order chi connectivity index (χ0) is 25.9. The van der Waals surface area contributed by atoms with E-state index in [9.17, 15) is 13.2 Å². The van der Waals surface area contributed by atoms with Gasteiger partial charge in [0, 0.05) is 55.9 Å². The first kappa shape index (κ1) is 27.2. The zero-order valence-electron chi connectivity index (χ0n) is 20.4. The molecular weight excluding hydrogens is 568 g/mol. The molecule has 0 amide bonds. The third-order valence-corrected chi connectivity index (χ3v) is 9.34. The Morgan fingerprint density at radius 1 is 1.06 bits per heavy atom. The van der Waals surface area contributed by atoms with Crippen LogP contribution in [0.5, 0.6) is 0 Å². The molecule has 0 unspecified atom stereocenters. The van der Waals surface area contributed by atoms with Crippen LogP contribution in [-0.4, -0.2) is 80.0 Å². The van der Waals surface area contributed by atoms with E-state index < -0.39 is 9.84 Å². The monoisotopic (exact) mass is 596 g/mol. The Bertz CT molecular complexity index is 1410. The SMILES string of the molecule is CCS(=O)(=O)c1ccc(Cl)cc1Cn1cnc2cc(CN3CCN(CCOC)CC3)c(Br)cc2c1=O. The second-order valence-corrected chi connectivity index (χ2v) is 12.4. The highest BCUT2D eigenvalue weighted by atomic mass is 79.9. The lowest BCUT2D eigenvalue weighted by Crippen LogP contribution is -2.46. The Hall–Kier alpha value is -1.82. The van der Waals surface area contributed by atoms with Crippen molar-refractivity contribution in [2.24, 2.45) is 0 Å². The molecule has 2 heterocycles. The molecule has 0 N–H and O–H groups in total. The number of hydrogen-bond donors (Lipinski definition) is 0. The predicted molar refractivity (Wildman–Crippen MR) is 146 cm³/mol. The fraction of sp³-hybridized carbons (Fsp3) is 0.440. The molecule has 0 saturated carbocycles. The van der Waals surface area contributed by atoms with E-state index in [4.69, 9.17) is 16.3 Å². The number of sulfone groups is 1. The summed E-state index contributed by atoms with van der Waals surface area (Å²) in [4.78, 5) is 22.8. The summed E-state index contributed by atoms with van der Waals surface area (Å²) in [5, 5.41) is 0.883. The van der Waals surface area contributed by atoms with Crippen LogP contribution in [0.2, 0.25) is 5.02 Å². The largest absolute Gasteiger partial charge is 0.383 e. The van der Waals surface area contributed by atoms with Crippen LogP contribution >= 0.6 is 27.5 Å². The van der Waals surface area contributed by atoms with Gasteiger partial charge >= 0.3 is 0 Å². The van der Waals surface area contributed by atoms with Gasteiger partial charge in [0.2, 0.25) is 0 Å². The minimum atomic E-state index is -3.47. The number of halogens is 2. The second kappa shape index (κ2) is 11.7. The number of benzene rings is 2. The third-order valence-electron chi connectivity index (χ3n) is 6.54. The van der Waals surface area contributed by atoms with Crippen LogP contribution in [0, 0.1) is 0 Å². The summed E-state index contributed by atoms with van der Waals surface area (Å²) >= 11 is 9.79. The van der Waals surface area contributed by atoms with Crippen molar-refractivity contribution in [1.82, 2.24) is 19.4 Å². The van der Waals surface area contributed by atoms with Gasteiger partial charge in [-0.15, -0.1) is 0 Å². The number of hydrogen-bond acceptors (Lipinski definition) is 7. The van der Waals surface area contributed by atoms with Crippen molar-refractivity contribution < 1.29 is 13.2 Å². The Morgan fingerprint density at radius 2 is 1.78 bits per heavy atom. The average Bonchev–Trinajstić information content (AvgIpc) is 2.86. The molecule has 0 bridgehead atoms. The topological polar surface area (TPSA) is 84.7 Å². The molecule has 11 heteroatoms. The van der Waals surface area contributed by atoms with Gasteiger partial charge in [0.25, 0.3) is 5.56 Å². The molecule has 4 rings (SSSR count). The van der Waals surface area contributed by atoms with Crippen molar-refractivity contribution in [2.75, 3.05) is 52.2 Å². The molecule has 2 aromatic carbocycles. The molecule has 8 nitrogen and oxygen atoms in total. The van der Waals surface area contributed by atoms with E-state index in [0.717, 1.165) is 55.9 Å². The summed E-state index contributed by atoms with van der Waals surface area (Å²) in [5.41, 5.74) is 1.91. The average molecular weight is 598 g/mol. The van der Waals surface area contributed by atoms with E-state index >= 15 is 0 Å². The number of ether oxygens (including phenoxy) is 1. The third kappa shape index (κ3) is 6.17. The molecule has 0 radical (unpaired) electrons. The van der Waals surface area contributed by atoms with Crippen LogP contribution in [-0.2, 0) is 27.7 Å². The highest BCUT2D eigenvalue weighted by Gasteiger charge is 2.20. The van der Waals surface area contributed by atoms with Gasteiger partial charge in [-0.1, -0.05) is 34.5 Å². The maximum absolute atomic E-state index is 13.3. The highest BCUT2D eigenvalue weighted by molar-refractivity contribution is 9.10. The molecule has 36 heavy (non-hydrogen) atoms. The number of fused-ring (bicyclic) bond motifs is 1. The minimum absolute atomic E-state index is 0.0373. The molecule has 1 aliphatic rings. The normalized spacial score (nSPS) is 15.6. The fourth-order valence-corrected chi connectivity index (χ4v) is 6.18. The maximum atomic E-state index is 13.3. The van der Waals surface area contributed by atoms with E-state index in [-0.39, 0.29) is 22.8 Å². The van der Waals surface area contributed by atoms with E-state index in [1.54, 1.807) is 26.2 Å². The molecule has 0 aliphatic carbocycles. The molecular formula is C25H30BrClN4O4S. The fourth-order valence-electron chi connectivity index (χ4n) is 4.40. The lowest BCUT2D eigenvalue weighted by molar-refractivity contribution is 0.0937. The van der Waals surface area contributed by atoms with Crippen LogP contribution in [0.4, 0.5) is 0 Å². The molecule has 1 fully saturated rings. The number of aromatic nitrogens is 2. The van der Waals surface area contributed by atoms with Crippen LogP contribution < -0.4 is 5.56 Å². The van der Waals surface area contributed by atoms with Gasteiger partial charge in [-0.3, -0.25) is 19.2 Å². The van der Waals surface area contributed by atoms with Crippen LogP contribution in [0.25, 0.3) is 10.9 Å². The Labute approximate surface area is 224 Å². The number of piperazine rings is 1. The van der Waals surface area contributed by atoms with Crippen LogP contribution in [0.3, 0.4) is 0 Å². The molecule has 3 aromatic rings. The molecule has 0 spiro atoms. The maximum Gasteiger partial charge on any atom is 0.261 e. The van der Waals surface area contributed by atoms with Gasteiger partial charge in [-0.2, -0.15) is 0 Å². The smallest absolute Gasteiger partial charge is 0.261 e. The first-order valence-electron chi connectivity index (χ1n) is 11.8. The summed E-state index contributed by atoms with van der Waals surface area (Å²) in [7, 11) is -1.75. The molecule has 0 atom stereocenters. The summed E-state index contributed by atoms with van der Waals surface area (Å²) in [5.74, 6) is -0.0373. The zero-order valence-corrected chi connectivity index (χ0v) is 23.6. The van der Waals surface area contributed by atoms with E-state index in [2.05, 4.69) is 30.7 Å². The van der Waals surface area contributed by atoms with Crippen molar-refractivity contribution >= 4 is 48.3 Å². The molecule has 1 aliphatic heterocycles. The lowest BCUT2D eigenvalue weighted by Gasteiger charge is -2.34. The molecule has 194 valence electrons. The van der Waals surface area contributed by atoms with Crippen LogP contribution in [0.15, 0.2) is 50.8 Å². The second-order valence-electron chi connectivity index (χ2n) is 8.90. The van der Waals surface area contributed by atoms with Gasteiger partial charge < -0.3 is 4.74 Å². The van der Waals surface area contributed by atoms with Gasteiger partial charge in [0.1, 0.15) is 0 Å². The van der Waals surface area contributed by atoms with Crippen molar-refractivity contribution in [3.05, 3.63) is 67.6 Å². The van der Waals surface area contributed by atoms with E-state index in [1.807, 2.05) is 12.1 Å². The molecule has 1 aromatic heterocycles. The van der Waals surface area contributed by atoms with Crippen molar-refractivity contribution in [1.29, 1.82) is 0 Å². The molecule has 1 saturated heterocycles. The summed E-state index contributed by atoms with van der Waals surface area (Å²) in [6.45, 7) is 8.02. The Morgan fingerprint density at radius 3 is 2.47 bits per heavy atom. The van der Waals surface area contributed by atoms with Crippen molar-refractivity contribution in [3.8, 4) is 0 Å². The van der Waals surface area contributed by atoms with Gasteiger partial charge in [-0.25, -0.2) is 13.4 Å². The standard InChI is InChI=1S/C25H30BrClN4O4S/c1-3-36(33,34)24-5-4-20(27)12-19(24)16-31-17-28-23-13-18(22(26)14-21(23)25(31)32)15-30-8-6-29(7-9-30)10-11-35-2/h4-5,12-14,17H,3,6-11,15-16H2,1-2H3. The van der Waals surface area contributed by atoms with Gasteiger partial charge in [0.15, 0.2) is 9.84 Å². The minimum Gasteiger partial charge on any atom is -0.383 e. The van der Waals surface area contributed by atoms with Crippen LogP contribution in [0.1, 0.15) is 18.1 Å². The van der Waals surface area contributed by atoms with Gasteiger partial charge in [0.05, 0.1) is 41.0 Å². The highest BCUT2D eigenvalue weighted by Crippen LogP contribution is 2.25. The summed E-state index contributed by atoms with van der Waals surface area (Å²) in [6.07, 6.45) is 1.47. The summed E-state index contributed by atoms with van der Waals surface area (Å²) in [6, 6.07) is 8.40. The number of nitrogens with zero attached hydrogens (tertiary/aromatic N) is 4. The summed E-state index contributed by atoms with van der Waals surface area (Å²) < 4.78 is 32.6. The number of rotatable bonds is 9. The predicted octanol–water partition coefficient (Wildman–Crippen LogP) is 3.42. The van der Waals surface area contributed by atoms with Gasteiger partial charge in [-0.05, 0) is 41.5 Å². The van der Waals surface area contributed by atoms with Crippen molar-refractivity contribution in [2.45, 2.75) is 24.9 Å². The number of methoxy groups -OCH3 is 1. The van der Waals surface area contributed by atoms with E-state index in [1.165, 1.54) is 17.0 Å². The van der Waals surface area contributed by atoms with Crippen molar-refractivity contribution in [3.63, 3.8) is 0 Å². The first-order chi connectivity index (χ1) is 17.2. The van der Waals surface area contributed by atoms with E-state index in [0.29, 0.717) is 21.5 Å². The quantitative estimate of drug-likeness (QED) is 0.374. The Balaban J connectivity index is 1.57. The lowest BCUT2D eigenvalue weighted by atomic mass is 10.1.